The highest BCUT2D eigenvalue weighted by Gasteiger charge is 2.25. The Bertz CT molecular complexity index is 1480. The quantitative estimate of drug-likeness (QED) is 0.397. The van der Waals surface area contributed by atoms with E-state index < -0.39 is 6.10 Å². The molecule has 0 spiro atoms. The minimum Gasteiger partial charge on any atom is -0.476 e. The Morgan fingerprint density at radius 1 is 1.18 bits per heavy atom. The number of aromatic nitrogens is 7. The zero-order chi connectivity index (χ0) is 27.7. The molecule has 5 rings (SSSR count). The van der Waals surface area contributed by atoms with Crippen LogP contribution >= 0.6 is 0 Å². The fraction of sp³-hybridized carbons (Fsp3) is 0.481. The molecule has 208 valence electrons. The van der Waals surface area contributed by atoms with E-state index in [4.69, 9.17) is 24.3 Å². The molecule has 39 heavy (non-hydrogen) atoms. The maximum Gasteiger partial charge on any atom is 0.240 e. The fourth-order valence-corrected chi connectivity index (χ4v) is 4.97. The third kappa shape index (κ3) is 5.40. The van der Waals surface area contributed by atoms with Crippen molar-refractivity contribution in [2.75, 3.05) is 27.3 Å². The average molecular weight is 537 g/mol. The molecule has 2 atom stereocenters. The zero-order valence-corrected chi connectivity index (χ0v) is 23.3. The van der Waals surface area contributed by atoms with Gasteiger partial charge >= 0.3 is 0 Å². The highest BCUT2D eigenvalue weighted by molar-refractivity contribution is 5.74. The van der Waals surface area contributed by atoms with Gasteiger partial charge in [-0.15, -0.1) is 5.10 Å². The lowest BCUT2D eigenvalue weighted by molar-refractivity contribution is 0.142. The molecule has 0 aromatic carbocycles. The van der Waals surface area contributed by atoms with Gasteiger partial charge in [-0.25, -0.2) is 9.67 Å². The lowest BCUT2D eigenvalue weighted by atomic mass is 10.2. The van der Waals surface area contributed by atoms with Crippen LogP contribution in [0.1, 0.15) is 43.5 Å². The first-order valence-electron chi connectivity index (χ1n) is 13.1. The largest absolute Gasteiger partial charge is 0.476 e. The first kappa shape index (κ1) is 26.9. The number of ether oxygens (including phenoxy) is 3. The molecule has 0 amide bonds. The summed E-state index contributed by atoms with van der Waals surface area (Å²) in [6.07, 6.45) is 8.72. The van der Waals surface area contributed by atoms with Gasteiger partial charge in [0.05, 0.1) is 66.3 Å². The molecule has 0 unspecified atom stereocenters. The molecule has 1 aliphatic heterocycles. The molecular weight excluding hydrogens is 500 g/mol. The maximum absolute atomic E-state index is 10.2. The third-order valence-electron chi connectivity index (χ3n) is 6.53. The van der Waals surface area contributed by atoms with Gasteiger partial charge in [0, 0.05) is 33.4 Å². The van der Waals surface area contributed by atoms with Crippen LogP contribution in [0.3, 0.4) is 0 Å². The van der Waals surface area contributed by atoms with E-state index in [0.29, 0.717) is 50.3 Å². The molecule has 5 heterocycles. The van der Waals surface area contributed by atoms with Crippen LogP contribution in [0, 0.1) is 0 Å². The summed E-state index contributed by atoms with van der Waals surface area (Å²) < 4.78 is 23.4. The lowest BCUT2D eigenvalue weighted by Crippen LogP contribution is -2.32. The van der Waals surface area contributed by atoms with Crippen LogP contribution in [0.4, 0.5) is 0 Å². The summed E-state index contributed by atoms with van der Waals surface area (Å²) in [6, 6.07) is 0. The van der Waals surface area contributed by atoms with Gasteiger partial charge in [-0.1, -0.05) is 0 Å². The Morgan fingerprint density at radius 2 is 1.97 bits per heavy atom. The van der Waals surface area contributed by atoms with E-state index in [1.54, 1.807) is 31.1 Å². The number of aryl methyl sites for hydroxylation is 1. The van der Waals surface area contributed by atoms with E-state index in [9.17, 15) is 5.11 Å². The molecule has 12 heteroatoms. The van der Waals surface area contributed by atoms with Gasteiger partial charge in [-0.2, -0.15) is 5.10 Å². The smallest absolute Gasteiger partial charge is 0.240 e. The van der Waals surface area contributed by atoms with Crippen LogP contribution in [0.2, 0.25) is 0 Å². The highest BCUT2D eigenvalue weighted by atomic mass is 16.5. The number of nitrogens with zero attached hydrogens (tertiary/aromatic N) is 8. The molecule has 1 N–H and O–H groups in total. The Hall–Kier alpha value is -3.74. The molecule has 4 aromatic heterocycles. The number of likely N-dealkylation sites (N-methyl/N-ethyl adjacent to an activating group) is 1. The Morgan fingerprint density at radius 3 is 2.72 bits per heavy atom. The van der Waals surface area contributed by atoms with Gasteiger partial charge in [0.25, 0.3) is 0 Å². The Labute approximate surface area is 227 Å². The molecule has 2 bridgehead atoms. The van der Waals surface area contributed by atoms with Crippen molar-refractivity contribution in [2.24, 2.45) is 7.05 Å². The number of imidazole rings is 1. The van der Waals surface area contributed by atoms with E-state index in [1.807, 2.05) is 55.4 Å². The van der Waals surface area contributed by atoms with Crippen LogP contribution in [0.5, 0.6) is 11.8 Å². The summed E-state index contributed by atoms with van der Waals surface area (Å²) in [5, 5.41) is 19.6. The molecule has 0 saturated heterocycles. The molecule has 0 aliphatic carbocycles. The number of methoxy groups -OCH3 is 1. The van der Waals surface area contributed by atoms with E-state index in [-0.39, 0.29) is 6.10 Å². The summed E-state index contributed by atoms with van der Waals surface area (Å²) >= 11 is 0. The second kappa shape index (κ2) is 11.2. The summed E-state index contributed by atoms with van der Waals surface area (Å²) in [5.41, 5.74) is 4.90. The van der Waals surface area contributed by atoms with Crippen LogP contribution in [-0.4, -0.2) is 83.5 Å². The van der Waals surface area contributed by atoms with E-state index >= 15 is 0 Å². The van der Waals surface area contributed by atoms with Crippen LogP contribution < -0.4 is 9.47 Å². The SMILES string of the molecule is CCOc1nn(C[C@H](C)O)c2c1/C=C/c1ncc3cnc(cn13)-c1c(COC)nn(C)c1O[C@@H](C)CN(C)C2. The predicted octanol–water partition coefficient (Wildman–Crippen LogP) is 2.64. The van der Waals surface area contributed by atoms with E-state index in [0.717, 1.165) is 33.9 Å². The lowest BCUT2D eigenvalue weighted by Gasteiger charge is -2.23. The second-order valence-corrected chi connectivity index (χ2v) is 9.96. The number of hydrogen-bond acceptors (Lipinski definition) is 9. The van der Waals surface area contributed by atoms with Gasteiger partial charge in [-0.3, -0.25) is 19.0 Å². The molecule has 12 nitrogen and oxygen atoms in total. The Balaban J connectivity index is 1.70. The van der Waals surface area contributed by atoms with Gasteiger partial charge in [0.15, 0.2) is 0 Å². The molecule has 0 fully saturated rings. The average Bonchev–Trinajstić information content (AvgIpc) is 3.51. The van der Waals surface area contributed by atoms with Gasteiger partial charge in [-0.05, 0) is 40.0 Å². The van der Waals surface area contributed by atoms with Gasteiger partial charge < -0.3 is 19.3 Å². The summed E-state index contributed by atoms with van der Waals surface area (Å²) in [5.74, 6) is 1.87. The maximum atomic E-state index is 10.2. The highest BCUT2D eigenvalue weighted by Crippen LogP contribution is 2.34. The minimum absolute atomic E-state index is 0.171. The topological polar surface area (TPSA) is 117 Å². The first-order chi connectivity index (χ1) is 18.8. The summed E-state index contributed by atoms with van der Waals surface area (Å²) in [4.78, 5) is 11.5. The standard InChI is InChI=1S/C27H36N8O4/c1-7-38-26-20-8-9-24-29-11-19-10-28-21(14-34(19)24)25-22(16-37-6)30-33(5)27(25)39-18(3)13-32(4)15-23(20)35(31-26)12-17(2)36/h8-11,14,17-18,36H,7,12-13,15-16H2,1-6H3/b9-8+/t17-,18-/m0/s1. The number of aliphatic hydroxyl groups is 1. The van der Waals surface area contributed by atoms with Crippen molar-refractivity contribution in [2.45, 2.75) is 52.7 Å². The van der Waals surface area contributed by atoms with E-state index in [1.165, 1.54) is 0 Å². The number of aliphatic hydroxyl groups excluding tert-OH is 1. The minimum atomic E-state index is -0.566. The molecule has 4 aromatic rings. The van der Waals surface area contributed by atoms with Crippen molar-refractivity contribution >= 4 is 17.7 Å². The third-order valence-corrected chi connectivity index (χ3v) is 6.53. The molecular formula is C27H36N8O4. The normalized spacial score (nSPS) is 17.8. The van der Waals surface area contributed by atoms with Crippen LogP contribution in [0.15, 0.2) is 18.6 Å². The number of hydrogen-bond donors (Lipinski definition) is 1. The summed E-state index contributed by atoms with van der Waals surface area (Å²) in [7, 11) is 5.55. The monoisotopic (exact) mass is 536 g/mol. The number of fused-ring (bicyclic) bond motifs is 4. The zero-order valence-electron chi connectivity index (χ0n) is 23.3. The summed E-state index contributed by atoms with van der Waals surface area (Å²) in [6.45, 7) is 8.07. The van der Waals surface area contributed by atoms with Crippen LogP contribution in [0.25, 0.3) is 28.9 Å². The van der Waals surface area contributed by atoms with Crippen molar-refractivity contribution in [3.8, 4) is 23.0 Å². The van der Waals surface area contributed by atoms with Crippen molar-refractivity contribution in [1.29, 1.82) is 0 Å². The first-order valence-corrected chi connectivity index (χ1v) is 13.1. The van der Waals surface area contributed by atoms with Crippen molar-refractivity contribution in [1.82, 2.24) is 38.8 Å². The molecule has 1 aliphatic rings. The molecule has 0 radical (unpaired) electrons. The van der Waals surface area contributed by atoms with Crippen molar-refractivity contribution in [3.63, 3.8) is 0 Å². The Kier molecular flexibility index (Phi) is 7.69. The van der Waals surface area contributed by atoms with Crippen molar-refractivity contribution in [3.05, 3.63) is 41.4 Å². The van der Waals surface area contributed by atoms with Gasteiger partial charge in [0.2, 0.25) is 11.8 Å². The fourth-order valence-electron chi connectivity index (χ4n) is 4.97. The van der Waals surface area contributed by atoms with Crippen LogP contribution in [-0.2, 0) is 31.5 Å². The molecule has 0 saturated carbocycles. The van der Waals surface area contributed by atoms with E-state index in [2.05, 4.69) is 15.0 Å². The van der Waals surface area contributed by atoms with Gasteiger partial charge in [0.1, 0.15) is 17.6 Å². The second-order valence-electron chi connectivity index (χ2n) is 9.96. The predicted molar refractivity (Wildman–Crippen MR) is 146 cm³/mol. The number of rotatable bonds is 6. The van der Waals surface area contributed by atoms with Crippen molar-refractivity contribution < 1.29 is 19.3 Å².